The van der Waals surface area contributed by atoms with Crippen molar-refractivity contribution >= 4 is 60.5 Å². The number of rotatable bonds is 4. The molecular weight excluding hydrogens is 448 g/mol. The maximum atomic E-state index is 12.8. The van der Waals surface area contributed by atoms with Crippen LogP contribution < -0.4 is 5.32 Å². The summed E-state index contributed by atoms with van der Waals surface area (Å²) in [5.41, 5.74) is 1.68. The molecule has 1 fully saturated rings. The molecule has 1 aliphatic rings. The van der Waals surface area contributed by atoms with Gasteiger partial charge in [-0.3, -0.25) is 4.79 Å². The van der Waals surface area contributed by atoms with Gasteiger partial charge in [0.2, 0.25) is 5.91 Å². The number of thiophene rings is 1. The van der Waals surface area contributed by atoms with Crippen LogP contribution in [0.4, 0.5) is 5.69 Å². The van der Waals surface area contributed by atoms with Crippen LogP contribution >= 0.6 is 38.9 Å². The van der Waals surface area contributed by atoms with E-state index in [4.69, 9.17) is 11.6 Å². The Balaban J connectivity index is 1.82. The first kappa shape index (κ1) is 18.8. The van der Waals surface area contributed by atoms with Crippen molar-refractivity contribution in [1.29, 1.82) is 0 Å². The van der Waals surface area contributed by atoms with Gasteiger partial charge in [0.15, 0.2) is 0 Å². The third-order valence-corrected chi connectivity index (χ3v) is 8.26. The summed E-state index contributed by atoms with van der Waals surface area (Å²) in [6.45, 7) is 2.28. The summed E-state index contributed by atoms with van der Waals surface area (Å²) < 4.78 is 28.2. The molecule has 1 saturated heterocycles. The van der Waals surface area contributed by atoms with E-state index in [-0.39, 0.29) is 10.1 Å². The maximum absolute atomic E-state index is 12.8. The van der Waals surface area contributed by atoms with E-state index in [1.807, 2.05) is 19.1 Å². The minimum absolute atomic E-state index is 0.161. The minimum Gasteiger partial charge on any atom is -0.324 e. The highest BCUT2D eigenvalue weighted by molar-refractivity contribution is 9.10. The van der Waals surface area contributed by atoms with Crippen molar-refractivity contribution in [2.24, 2.45) is 0 Å². The van der Waals surface area contributed by atoms with Crippen LogP contribution in [0.1, 0.15) is 18.4 Å². The molecule has 1 atom stereocenters. The zero-order chi connectivity index (χ0) is 18.2. The van der Waals surface area contributed by atoms with Gasteiger partial charge in [0, 0.05) is 11.0 Å². The van der Waals surface area contributed by atoms with Crippen LogP contribution in [0, 0.1) is 6.92 Å². The van der Waals surface area contributed by atoms with Gasteiger partial charge in [-0.1, -0.05) is 17.7 Å². The monoisotopic (exact) mass is 462 g/mol. The second-order valence-corrected chi connectivity index (χ2v) is 10.5. The van der Waals surface area contributed by atoms with Crippen molar-refractivity contribution in [3.05, 3.63) is 44.7 Å². The number of nitrogens with zero attached hydrogens (tertiary/aromatic N) is 1. The van der Waals surface area contributed by atoms with E-state index in [0.29, 0.717) is 29.4 Å². The molecule has 2 heterocycles. The van der Waals surface area contributed by atoms with Gasteiger partial charge < -0.3 is 5.32 Å². The molecule has 1 amide bonds. The van der Waals surface area contributed by atoms with E-state index < -0.39 is 16.1 Å². The molecule has 0 saturated carbocycles. The van der Waals surface area contributed by atoms with E-state index >= 15 is 0 Å². The number of sulfonamides is 1. The second-order valence-electron chi connectivity index (χ2n) is 5.80. The number of benzene rings is 1. The molecule has 1 aliphatic heterocycles. The lowest BCUT2D eigenvalue weighted by atomic mass is 10.2. The Hall–Kier alpha value is -0.930. The van der Waals surface area contributed by atoms with Crippen LogP contribution in [-0.4, -0.2) is 31.2 Å². The van der Waals surface area contributed by atoms with E-state index in [1.165, 1.54) is 10.4 Å². The largest absolute Gasteiger partial charge is 0.324 e. The fourth-order valence-electron chi connectivity index (χ4n) is 2.78. The predicted octanol–water partition coefficient (Wildman–Crippen LogP) is 4.26. The average molecular weight is 464 g/mol. The number of halogens is 2. The first-order chi connectivity index (χ1) is 11.8. The molecule has 1 aromatic carbocycles. The maximum Gasteiger partial charge on any atom is 0.253 e. The Morgan fingerprint density at radius 3 is 2.76 bits per heavy atom. The van der Waals surface area contributed by atoms with Crippen LogP contribution in [0.5, 0.6) is 0 Å². The Morgan fingerprint density at radius 1 is 1.36 bits per heavy atom. The van der Waals surface area contributed by atoms with Crippen molar-refractivity contribution in [2.45, 2.75) is 30.0 Å². The van der Waals surface area contributed by atoms with Crippen molar-refractivity contribution in [2.75, 3.05) is 11.9 Å². The molecule has 25 heavy (non-hydrogen) atoms. The molecule has 0 spiro atoms. The van der Waals surface area contributed by atoms with Gasteiger partial charge in [-0.05, 0) is 65.5 Å². The number of carbonyl (C=O) groups excluding carboxylic acids is 1. The number of aryl methyl sites for hydroxylation is 1. The van der Waals surface area contributed by atoms with Crippen LogP contribution in [0.25, 0.3) is 0 Å². The molecule has 1 N–H and O–H groups in total. The number of hydrogen-bond donors (Lipinski definition) is 1. The highest BCUT2D eigenvalue weighted by Crippen LogP contribution is 2.33. The van der Waals surface area contributed by atoms with Gasteiger partial charge in [-0.2, -0.15) is 4.31 Å². The van der Waals surface area contributed by atoms with Gasteiger partial charge in [0.25, 0.3) is 10.0 Å². The zero-order valence-corrected chi connectivity index (χ0v) is 17.3. The van der Waals surface area contributed by atoms with Crippen LogP contribution in [0.2, 0.25) is 4.34 Å². The molecular formula is C16H16BrClN2O3S2. The fraction of sp³-hybridized carbons (Fsp3) is 0.312. The van der Waals surface area contributed by atoms with E-state index in [1.54, 1.807) is 12.1 Å². The third-order valence-electron chi connectivity index (χ3n) is 4.00. The lowest BCUT2D eigenvalue weighted by Crippen LogP contribution is -2.42. The summed E-state index contributed by atoms with van der Waals surface area (Å²) >= 11 is 10.3. The summed E-state index contributed by atoms with van der Waals surface area (Å²) in [5, 5.41) is 2.82. The third kappa shape index (κ3) is 3.93. The van der Waals surface area contributed by atoms with Crippen LogP contribution in [0.15, 0.2) is 39.0 Å². The Bertz CT molecular complexity index is 914. The first-order valence-corrected chi connectivity index (χ1v) is 11.1. The average Bonchev–Trinajstić information content (AvgIpc) is 3.19. The summed E-state index contributed by atoms with van der Waals surface area (Å²) in [7, 11) is -3.73. The quantitative estimate of drug-likeness (QED) is 0.736. The molecule has 0 aliphatic carbocycles. The highest BCUT2D eigenvalue weighted by Gasteiger charge is 2.40. The predicted molar refractivity (Wildman–Crippen MR) is 104 cm³/mol. The van der Waals surface area contributed by atoms with Crippen molar-refractivity contribution in [3.8, 4) is 0 Å². The van der Waals surface area contributed by atoms with Gasteiger partial charge in [-0.15, -0.1) is 11.3 Å². The molecule has 134 valence electrons. The lowest BCUT2D eigenvalue weighted by molar-refractivity contribution is -0.119. The lowest BCUT2D eigenvalue weighted by Gasteiger charge is -2.23. The number of amides is 1. The number of nitrogens with one attached hydrogen (secondary N) is 1. The Kier molecular flexibility index (Phi) is 5.55. The van der Waals surface area contributed by atoms with E-state index in [9.17, 15) is 13.2 Å². The molecule has 0 radical (unpaired) electrons. The summed E-state index contributed by atoms with van der Waals surface area (Å²) in [6, 6.07) is 7.88. The molecule has 1 aromatic heterocycles. The Morgan fingerprint density at radius 2 is 2.12 bits per heavy atom. The topological polar surface area (TPSA) is 66.5 Å². The standard InChI is InChI=1S/C16H16BrClN2O3S2/c1-10-4-5-12(11(17)9-10)19-16(21)13-3-2-8-20(13)25(22,23)15-7-6-14(18)24-15/h4-7,9,13H,2-3,8H2,1H3,(H,19,21). The highest BCUT2D eigenvalue weighted by atomic mass is 79.9. The number of carbonyl (C=O) groups is 1. The summed E-state index contributed by atoms with van der Waals surface area (Å²) in [4.78, 5) is 12.7. The summed E-state index contributed by atoms with van der Waals surface area (Å²) in [5.74, 6) is -0.326. The van der Waals surface area contributed by atoms with E-state index in [0.717, 1.165) is 21.4 Å². The van der Waals surface area contributed by atoms with Gasteiger partial charge >= 0.3 is 0 Å². The molecule has 1 unspecified atom stereocenters. The minimum atomic E-state index is -3.73. The zero-order valence-electron chi connectivity index (χ0n) is 13.3. The van der Waals surface area contributed by atoms with E-state index in [2.05, 4.69) is 21.2 Å². The van der Waals surface area contributed by atoms with Crippen molar-refractivity contribution in [3.63, 3.8) is 0 Å². The van der Waals surface area contributed by atoms with Gasteiger partial charge in [-0.25, -0.2) is 8.42 Å². The smallest absolute Gasteiger partial charge is 0.253 e. The van der Waals surface area contributed by atoms with Crippen LogP contribution in [-0.2, 0) is 14.8 Å². The molecule has 3 rings (SSSR count). The van der Waals surface area contributed by atoms with Crippen molar-refractivity contribution < 1.29 is 13.2 Å². The van der Waals surface area contributed by atoms with Gasteiger partial charge in [0.1, 0.15) is 10.3 Å². The summed E-state index contributed by atoms with van der Waals surface area (Å²) in [6.07, 6.45) is 1.14. The fourth-order valence-corrected chi connectivity index (χ4v) is 6.64. The SMILES string of the molecule is Cc1ccc(NC(=O)C2CCCN2S(=O)(=O)c2ccc(Cl)s2)c(Br)c1. The number of anilines is 1. The molecule has 5 nitrogen and oxygen atoms in total. The number of hydrogen-bond acceptors (Lipinski definition) is 4. The van der Waals surface area contributed by atoms with Crippen LogP contribution in [0.3, 0.4) is 0 Å². The normalized spacial score (nSPS) is 18.4. The molecule has 2 aromatic rings. The Labute approximate surface area is 164 Å². The second kappa shape index (κ2) is 7.36. The molecule has 9 heteroatoms. The molecule has 0 bridgehead atoms. The van der Waals surface area contributed by atoms with Gasteiger partial charge in [0.05, 0.1) is 10.0 Å². The van der Waals surface area contributed by atoms with Crippen molar-refractivity contribution in [1.82, 2.24) is 4.31 Å². The first-order valence-electron chi connectivity index (χ1n) is 7.63.